The summed E-state index contributed by atoms with van der Waals surface area (Å²) in [4.78, 5) is 9.14. The third-order valence-electron chi connectivity index (χ3n) is 3.85. The van der Waals surface area contributed by atoms with Crippen LogP contribution in [0.2, 0.25) is 0 Å². The molecule has 0 radical (unpaired) electrons. The molecular weight excluding hydrogens is 403 g/mol. The zero-order valence-corrected chi connectivity index (χ0v) is 17.7. The molecule has 0 aromatic carbocycles. The summed E-state index contributed by atoms with van der Waals surface area (Å²) in [6.07, 6.45) is 1.84. The summed E-state index contributed by atoms with van der Waals surface area (Å²) >= 11 is 0. The lowest BCUT2D eigenvalue weighted by Crippen LogP contribution is -2.44. The van der Waals surface area contributed by atoms with Gasteiger partial charge in [0.05, 0.1) is 19.3 Å². The van der Waals surface area contributed by atoms with Gasteiger partial charge in [0.2, 0.25) is 0 Å². The number of rotatable bonds is 6. The van der Waals surface area contributed by atoms with Gasteiger partial charge >= 0.3 is 0 Å². The summed E-state index contributed by atoms with van der Waals surface area (Å²) in [5, 5.41) is 6.70. The predicted molar refractivity (Wildman–Crippen MR) is 108 cm³/mol. The summed E-state index contributed by atoms with van der Waals surface area (Å²) in [7, 11) is 1.69. The van der Waals surface area contributed by atoms with Crippen molar-refractivity contribution in [3.05, 3.63) is 23.0 Å². The van der Waals surface area contributed by atoms with Crippen LogP contribution in [0.25, 0.3) is 0 Å². The number of guanidine groups is 1. The molecule has 0 saturated heterocycles. The van der Waals surface area contributed by atoms with Gasteiger partial charge in [0.15, 0.2) is 5.96 Å². The molecule has 0 fully saturated rings. The number of hydrogen-bond donors (Lipinski definition) is 2. The van der Waals surface area contributed by atoms with Crippen LogP contribution in [0.5, 0.6) is 5.75 Å². The van der Waals surface area contributed by atoms with Gasteiger partial charge in [-0.25, -0.2) is 4.99 Å². The van der Waals surface area contributed by atoms with E-state index in [1.807, 2.05) is 20.0 Å². The van der Waals surface area contributed by atoms with Gasteiger partial charge in [-0.1, -0.05) is 13.8 Å². The third-order valence-corrected chi connectivity index (χ3v) is 3.85. The fraction of sp³-hybridized carbons (Fsp3) is 0.647. The van der Waals surface area contributed by atoms with E-state index in [0.717, 1.165) is 35.1 Å². The molecule has 0 bridgehead atoms. The van der Waals surface area contributed by atoms with Gasteiger partial charge in [-0.3, -0.25) is 4.98 Å². The number of pyridine rings is 1. The van der Waals surface area contributed by atoms with E-state index in [2.05, 4.69) is 48.3 Å². The van der Waals surface area contributed by atoms with E-state index in [0.29, 0.717) is 18.5 Å². The van der Waals surface area contributed by atoms with Crippen molar-refractivity contribution in [1.82, 2.24) is 15.6 Å². The number of methoxy groups -OCH3 is 1. The van der Waals surface area contributed by atoms with Crippen molar-refractivity contribution in [2.75, 3.05) is 13.7 Å². The minimum absolute atomic E-state index is 0. The Morgan fingerprint density at radius 3 is 2.48 bits per heavy atom. The quantitative estimate of drug-likeness (QED) is 0.409. The fourth-order valence-corrected chi connectivity index (χ4v) is 2.09. The lowest BCUT2D eigenvalue weighted by molar-refractivity contribution is 0.407. The fourth-order valence-electron chi connectivity index (χ4n) is 2.09. The molecule has 0 spiro atoms. The van der Waals surface area contributed by atoms with E-state index in [9.17, 15) is 0 Å². The number of aryl methyl sites for hydroxylation is 1. The first-order valence-corrected chi connectivity index (χ1v) is 7.94. The molecule has 1 atom stereocenters. The number of aliphatic imine (C=N–C) groups is 1. The first-order chi connectivity index (χ1) is 10.4. The second-order valence-electron chi connectivity index (χ2n) is 5.92. The van der Waals surface area contributed by atoms with Crippen molar-refractivity contribution in [2.24, 2.45) is 10.9 Å². The highest BCUT2D eigenvalue weighted by Gasteiger charge is 2.11. The maximum atomic E-state index is 5.45. The van der Waals surface area contributed by atoms with Gasteiger partial charge in [-0.15, -0.1) is 24.0 Å². The summed E-state index contributed by atoms with van der Waals surface area (Å²) < 4.78 is 5.45. The Morgan fingerprint density at radius 1 is 1.30 bits per heavy atom. The van der Waals surface area contributed by atoms with Crippen LogP contribution in [-0.2, 0) is 6.54 Å². The summed E-state index contributed by atoms with van der Waals surface area (Å²) in [5.41, 5.74) is 3.04. The highest BCUT2D eigenvalue weighted by atomic mass is 127. The molecular formula is C17H31IN4O. The Labute approximate surface area is 157 Å². The minimum atomic E-state index is 0. The molecule has 0 aliphatic carbocycles. The molecule has 6 heteroatoms. The molecule has 0 amide bonds. The van der Waals surface area contributed by atoms with E-state index < -0.39 is 0 Å². The molecule has 1 aromatic rings. The second kappa shape index (κ2) is 10.7. The minimum Gasteiger partial charge on any atom is -0.496 e. The zero-order valence-electron chi connectivity index (χ0n) is 15.4. The van der Waals surface area contributed by atoms with Crippen LogP contribution >= 0.6 is 24.0 Å². The standard InChI is InChI=1S/C17H30N4O.HI/c1-8-18-17(21-14(6)11(2)3)20-10-15-13(5)16(22-7)12(4)9-19-15;/h9,11,14H,8,10H2,1-7H3,(H2,18,20,21);1H. The van der Waals surface area contributed by atoms with E-state index in [4.69, 9.17) is 4.74 Å². The molecule has 0 saturated carbocycles. The van der Waals surface area contributed by atoms with E-state index in [1.54, 1.807) is 7.11 Å². The van der Waals surface area contributed by atoms with E-state index in [-0.39, 0.29) is 24.0 Å². The number of ether oxygens (including phenoxy) is 1. The zero-order chi connectivity index (χ0) is 16.7. The average molecular weight is 434 g/mol. The van der Waals surface area contributed by atoms with Crippen molar-refractivity contribution in [3.8, 4) is 5.75 Å². The topological polar surface area (TPSA) is 58.5 Å². The molecule has 0 aliphatic rings. The normalized spacial score (nSPS) is 12.6. The van der Waals surface area contributed by atoms with Gasteiger partial charge in [0.1, 0.15) is 5.75 Å². The largest absolute Gasteiger partial charge is 0.496 e. The number of hydrogen-bond acceptors (Lipinski definition) is 3. The molecule has 1 aromatic heterocycles. The van der Waals surface area contributed by atoms with Gasteiger partial charge in [-0.05, 0) is 33.6 Å². The Balaban J connectivity index is 0.00000484. The van der Waals surface area contributed by atoms with E-state index in [1.165, 1.54) is 0 Å². The van der Waals surface area contributed by atoms with Crippen LogP contribution in [0.1, 0.15) is 44.5 Å². The number of nitrogens with one attached hydrogen (secondary N) is 2. The van der Waals surface area contributed by atoms with Crippen LogP contribution in [0.3, 0.4) is 0 Å². The van der Waals surface area contributed by atoms with Crippen LogP contribution in [0.4, 0.5) is 0 Å². The van der Waals surface area contributed by atoms with Crippen LogP contribution in [0, 0.1) is 19.8 Å². The van der Waals surface area contributed by atoms with E-state index >= 15 is 0 Å². The highest BCUT2D eigenvalue weighted by Crippen LogP contribution is 2.24. The lowest BCUT2D eigenvalue weighted by atomic mass is 10.1. The first-order valence-electron chi connectivity index (χ1n) is 7.94. The summed E-state index contributed by atoms with van der Waals surface area (Å²) in [6.45, 7) is 14.0. The van der Waals surface area contributed by atoms with Crippen molar-refractivity contribution < 1.29 is 4.74 Å². The molecule has 0 aliphatic heterocycles. The lowest BCUT2D eigenvalue weighted by Gasteiger charge is -2.20. The van der Waals surface area contributed by atoms with Crippen molar-refractivity contribution in [2.45, 2.75) is 54.1 Å². The molecule has 5 nitrogen and oxygen atoms in total. The molecule has 1 unspecified atom stereocenters. The Bertz CT molecular complexity index is 518. The molecule has 132 valence electrons. The first kappa shape index (κ1) is 21.9. The van der Waals surface area contributed by atoms with Crippen LogP contribution < -0.4 is 15.4 Å². The molecule has 1 rings (SSSR count). The SMILES string of the molecule is CCNC(=NCc1ncc(C)c(OC)c1C)NC(C)C(C)C.I. The molecule has 1 heterocycles. The van der Waals surface area contributed by atoms with Crippen molar-refractivity contribution in [1.29, 1.82) is 0 Å². The predicted octanol–water partition coefficient (Wildman–Crippen LogP) is 3.42. The maximum Gasteiger partial charge on any atom is 0.191 e. The smallest absolute Gasteiger partial charge is 0.191 e. The van der Waals surface area contributed by atoms with Crippen molar-refractivity contribution >= 4 is 29.9 Å². The van der Waals surface area contributed by atoms with Gasteiger partial charge in [0.25, 0.3) is 0 Å². The van der Waals surface area contributed by atoms with Crippen LogP contribution in [-0.4, -0.2) is 30.6 Å². The maximum absolute atomic E-state index is 5.45. The van der Waals surface area contributed by atoms with Crippen molar-refractivity contribution in [3.63, 3.8) is 0 Å². The summed E-state index contributed by atoms with van der Waals surface area (Å²) in [5.74, 6) is 2.27. The Kier molecular flexibility index (Phi) is 10.2. The number of halogens is 1. The molecule has 2 N–H and O–H groups in total. The average Bonchev–Trinajstić information content (AvgIpc) is 2.46. The van der Waals surface area contributed by atoms with Crippen LogP contribution in [0.15, 0.2) is 11.2 Å². The van der Waals surface area contributed by atoms with Gasteiger partial charge < -0.3 is 15.4 Å². The summed E-state index contributed by atoms with van der Waals surface area (Å²) in [6, 6.07) is 0.361. The molecule has 23 heavy (non-hydrogen) atoms. The third kappa shape index (κ3) is 6.53. The second-order valence-corrected chi connectivity index (χ2v) is 5.92. The Hall–Kier alpha value is -1.05. The monoisotopic (exact) mass is 434 g/mol. The Morgan fingerprint density at radius 2 is 1.96 bits per heavy atom. The van der Waals surface area contributed by atoms with Gasteiger partial charge in [-0.2, -0.15) is 0 Å². The van der Waals surface area contributed by atoms with Gasteiger partial charge in [0, 0.05) is 29.9 Å². The number of aromatic nitrogens is 1. The highest BCUT2D eigenvalue weighted by molar-refractivity contribution is 14.0. The number of nitrogens with zero attached hydrogens (tertiary/aromatic N) is 2.